The number of aryl methyl sites for hydroxylation is 1. The molecule has 154 valence electrons. The van der Waals surface area contributed by atoms with Gasteiger partial charge in [0.05, 0.1) is 11.4 Å². The van der Waals surface area contributed by atoms with Gasteiger partial charge in [0, 0.05) is 11.3 Å². The molecule has 3 rings (SSSR count). The van der Waals surface area contributed by atoms with Crippen LogP contribution in [0.5, 0.6) is 0 Å². The van der Waals surface area contributed by atoms with E-state index in [4.69, 9.17) is 16.3 Å². The first-order chi connectivity index (χ1) is 14.3. The van der Waals surface area contributed by atoms with Gasteiger partial charge in [-0.3, -0.25) is 9.59 Å². The minimum absolute atomic E-state index is 0.0709. The molecule has 1 atom stereocenters. The van der Waals surface area contributed by atoms with E-state index in [1.807, 2.05) is 18.2 Å². The smallest absolute Gasteiger partial charge is 0.344 e. The highest BCUT2D eigenvalue weighted by Gasteiger charge is 2.26. The summed E-state index contributed by atoms with van der Waals surface area (Å²) < 4.78 is 6.74. The highest BCUT2D eigenvalue weighted by molar-refractivity contribution is 6.33. The van der Waals surface area contributed by atoms with Crippen LogP contribution < -0.4 is 5.32 Å². The number of carbonyl (C=O) groups excluding carboxylic acids is 3. The summed E-state index contributed by atoms with van der Waals surface area (Å²) in [7, 11) is 0. The number of halogens is 1. The number of ether oxygens (including phenoxy) is 1. The monoisotopic (exact) mass is 425 g/mol. The molecule has 0 saturated heterocycles. The summed E-state index contributed by atoms with van der Waals surface area (Å²) in [5, 5.41) is 7.05. The first-order valence-corrected chi connectivity index (χ1v) is 9.59. The summed E-state index contributed by atoms with van der Waals surface area (Å²) in [5.41, 5.74) is 2.21. The number of esters is 1. The molecule has 0 fully saturated rings. The summed E-state index contributed by atoms with van der Waals surface area (Å²) in [6.07, 6.45) is -1.07. The third-order valence-electron chi connectivity index (χ3n) is 4.42. The van der Waals surface area contributed by atoms with Gasteiger partial charge in [0.2, 0.25) is 0 Å². The molecule has 0 aliphatic rings. The second kappa shape index (κ2) is 8.92. The topological polar surface area (TPSA) is 90.3 Å². The number of para-hydroxylation sites is 1. The van der Waals surface area contributed by atoms with Crippen LogP contribution in [0.15, 0.2) is 54.6 Å². The predicted molar refractivity (Wildman–Crippen MR) is 113 cm³/mol. The Morgan fingerprint density at radius 1 is 1.07 bits per heavy atom. The van der Waals surface area contributed by atoms with E-state index in [1.165, 1.54) is 18.5 Å². The Kier molecular flexibility index (Phi) is 6.32. The molecule has 0 bridgehead atoms. The number of nitrogens with one attached hydrogen (secondary N) is 1. The number of hydrogen-bond donors (Lipinski definition) is 1. The molecule has 7 nitrogen and oxygen atoms in total. The minimum atomic E-state index is -1.07. The van der Waals surface area contributed by atoms with Gasteiger partial charge in [-0.2, -0.15) is 5.10 Å². The summed E-state index contributed by atoms with van der Waals surface area (Å²) in [6, 6.07) is 15.6. The van der Waals surface area contributed by atoms with Crippen molar-refractivity contribution in [1.82, 2.24) is 9.78 Å². The lowest BCUT2D eigenvalue weighted by Crippen LogP contribution is -2.30. The van der Waals surface area contributed by atoms with Gasteiger partial charge in [0.1, 0.15) is 10.7 Å². The third-order valence-corrected chi connectivity index (χ3v) is 4.77. The molecule has 2 aromatic carbocycles. The van der Waals surface area contributed by atoms with Gasteiger partial charge in [-0.25, -0.2) is 9.48 Å². The van der Waals surface area contributed by atoms with Crippen LogP contribution in [0, 0.1) is 6.92 Å². The van der Waals surface area contributed by atoms with E-state index in [9.17, 15) is 14.4 Å². The molecule has 0 aliphatic heterocycles. The predicted octanol–water partition coefficient (Wildman–Crippen LogP) is 4.22. The zero-order valence-corrected chi connectivity index (χ0v) is 17.4. The van der Waals surface area contributed by atoms with Crippen molar-refractivity contribution in [1.29, 1.82) is 0 Å². The Hall–Kier alpha value is -3.45. The van der Waals surface area contributed by atoms with Crippen molar-refractivity contribution >= 4 is 34.9 Å². The summed E-state index contributed by atoms with van der Waals surface area (Å²) in [4.78, 5) is 36.4. The van der Waals surface area contributed by atoms with Gasteiger partial charge in [0.25, 0.3) is 5.91 Å². The highest BCUT2D eigenvalue weighted by atomic mass is 35.5. The molecule has 0 spiro atoms. The van der Waals surface area contributed by atoms with Crippen molar-refractivity contribution in [3.05, 3.63) is 76.6 Å². The first kappa shape index (κ1) is 21.3. The molecule has 0 saturated carbocycles. The molecular weight excluding hydrogens is 406 g/mol. The third kappa shape index (κ3) is 4.58. The second-order valence-corrected chi connectivity index (χ2v) is 7.03. The second-order valence-electron chi connectivity index (χ2n) is 6.67. The number of ketones is 1. The lowest BCUT2D eigenvalue weighted by molar-refractivity contribution is -0.123. The Morgan fingerprint density at radius 2 is 1.70 bits per heavy atom. The summed E-state index contributed by atoms with van der Waals surface area (Å²) in [6.45, 7) is 4.56. The van der Waals surface area contributed by atoms with Crippen molar-refractivity contribution in [3.8, 4) is 5.69 Å². The van der Waals surface area contributed by atoms with Crippen molar-refractivity contribution in [2.75, 3.05) is 5.32 Å². The van der Waals surface area contributed by atoms with Crippen LogP contribution in [0.3, 0.4) is 0 Å². The molecule has 3 aromatic rings. The van der Waals surface area contributed by atoms with E-state index in [1.54, 1.807) is 43.3 Å². The molecule has 1 N–H and O–H groups in total. The number of amides is 1. The number of anilines is 1. The SMILES string of the molecule is CC(=O)c1ccc(NC(=O)C(C)OC(=O)c2c(C)nn(-c3ccccc3)c2Cl)cc1. The van der Waals surface area contributed by atoms with Crippen LogP contribution in [-0.4, -0.2) is 33.5 Å². The summed E-state index contributed by atoms with van der Waals surface area (Å²) >= 11 is 6.36. The standard InChI is InChI=1S/C22H20ClN3O4/c1-13-19(20(23)26(25-13)18-7-5-4-6-8-18)22(29)30-15(3)21(28)24-17-11-9-16(10-12-17)14(2)27/h4-12,15H,1-3H3,(H,24,28). The van der Waals surface area contributed by atoms with Gasteiger partial charge in [-0.15, -0.1) is 0 Å². The molecule has 1 heterocycles. The molecule has 1 unspecified atom stereocenters. The fourth-order valence-electron chi connectivity index (χ4n) is 2.78. The van der Waals surface area contributed by atoms with Gasteiger partial charge in [-0.1, -0.05) is 29.8 Å². The first-order valence-electron chi connectivity index (χ1n) is 9.21. The van der Waals surface area contributed by atoms with E-state index in [0.717, 1.165) is 0 Å². The zero-order valence-electron chi connectivity index (χ0n) is 16.7. The van der Waals surface area contributed by atoms with E-state index in [2.05, 4.69) is 10.4 Å². The largest absolute Gasteiger partial charge is 0.449 e. The average molecular weight is 426 g/mol. The van der Waals surface area contributed by atoms with E-state index in [-0.39, 0.29) is 16.5 Å². The quantitative estimate of drug-likeness (QED) is 0.471. The van der Waals surface area contributed by atoms with Crippen LogP contribution in [0.2, 0.25) is 5.15 Å². The van der Waals surface area contributed by atoms with Crippen LogP contribution in [0.4, 0.5) is 5.69 Å². The Morgan fingerprint density at radius 3 is 2.30 bits per heavy atom. The fourth-order valence-corrected chi connectivity index (χ4v) is 3.13. The summed E-state index contributed by atoms with van der Waals surface area (Å²) in [5.74, 6) is -1.32. The number of Topliss-reactive ketones (excluding diaryl/α,β-unsaturated/α-hetero) is 1. The molecular formula is C22H20ClN3O4. The Labute approximate surface area is 178 Å². The zero-order chi connectivity index (χ0) is 21.8. The van der Waals surface area contributed by atoms with Crippen LogP contribution in [0.1, 0.15) is 40.3 Å². The fraction of sp³-hybridized carbons (Fsp3) is 0.182. The lowest BCUT2D eigenvalue weighted by atomic mass is 10.1. The maximum atomic E-state index is 12.6. The van der Waals surface area contributed by atoms with Gasteiger partial charge >= 0.3 is 5.97 Å². The van der Waals surface area contributed by atoms with E-state index in [0.29, 0.717) is 22.6 Å². The molecule has 0 aliphatic carbocycles. The number of carbonyl (C=O) groups is 3. The van der Waals surface area contributed by atoms with Crippen molar-refractivity contribution in [2.45, 2.75) is 26.9 Å². The maximum absolute atomic E-state index is 12.6. The number of rotatable bonds is 6. The molecule has 1 aromatic heterocycles. The van der Waals surface area contributed by atoms with E-state index < -0.39 is 18.0 Å². The van der Waals surface area contributed by atoms with Crippen molar-refractivity contribution < 1.29 is 19.1 Å². The van der Waals surface area contributed by atoms with Crippen LogP contribution in [0.25, 0.3) is 5.69 Å². The molecule has 30 heavy (non-hydrogen) atoms. The average Bonchev–Trinajstić information content (AvgIpc) is 3.03. The number of aromatic nitrogens is 2. The number of nitrogens with zero attached hydrogens (tertiary/aromatic N) is 2. The number of hydrogen-bond acceptors (Lipinski definition) is 5. The molecule has 1 amide bonds. The van der Waals surface area contributed by atoms with Gasteiger partial charge < -0.3 is 10.1 Å². The van der Waals surface area contributed by atoms with E-state index >= 15 is 0 Å². The highest BCUT2D eigenvalue weighted by Crippen LogP contribution is 2.24. The van der Waals surface area contributed by atoms with Crippen molar-refractivity contribution in [3.63, 3.8) is 0 Å². The van der Waals surface area contributed by atoms with Crippen molar-refractivity contribution in [2.24, 2.45) is 0 Å². The number of benzene rings is 2. The minimum Gasteiger partial charge on any atom is -0.449 e. The molecule has 0 radical (unpaired) electrons. The van der Waals surface area contributed by atoms with Gasteiger partial charge in [-0.05, 0) is 57.2 Å². The van der Waals surface area contributed by atoms with Gasteiger partial charge in [0.15, 0.2) is 11.9 Å². The Bertz CT molecular complexity index is 1090. The lowest BCUT2D eigenvalue weighted by Gasteiger charge is -2.13. The van der Waals surface area contributed by atoms with Crippen LogP contribution >= 0.6 is 11.6 Å². The Balaban J connectivity index is 1.70. The maximum Gasteiger partial charge on any atom is 0.344 e. The molecule has 8 heteroatoms. The van der Waals surface area contributed by atoms with Crippen LogP contribution in [-0.2, 0) is 9.53 Å². The normalized spacial score (nSPS) is 11.6.